The van der Waals surface area contributed by atoms with E-state index in [1.54, 1.807) is 0 Å². The molecule has 0 heterocycles. The summed E-state index contributed by atoms with van der Waals surface area (Å²) in [6.45, 7) is 7.11. The summed E-state index contributed by atoms with van der Waals surface area (Å²) in [7, 11) is 0. The van der Waals surface area contributed by atoms with Gasteiger partial charge in [-0.1, -0.05) is 71.6 Å². The van der Waals surface area contributed by atoms with Crippen molar-refractivity contribution in [2.45, 2.75) is 110 Å². The molecule has 0 spiro atoms. The van der Waals surface area contributed by atoms with Crippen molar-refractivity contribution in [2.75, 3.05) is 0 Å². The van der Waals surface area contributed by atoms with E-state index < -0.39 is 0 Å². The molecule has 2 saturated carbocycles. The first-order valence-corrected chi connectivity index (χ1v) is 9.93. The molecule has 2 rings (SSSR count). The Morgan fingerprint density at radius 1 is 0.810 bits per heavy atom. The van der Waals surface area contributed by atoms with Gasteiger partial charge in [-0.3, -0.25) is 0 Å². The highest BCUT2D eigenvalue weighted by Gasteiger charge is 2.32. The lowest BCUT2D eigenvalue weighted by atomic mass is 9.71. The SMILES string of the molecule is CC(C)CCCC(C)NC1CCCCC1C1CCCCC1. The van der Waals surface area contributed by atoms with Crippen LogP contribution in [0.15, 0.2) is 0 Å². The molecule has 2 aliphatic rings. The molecule has 1 heteroatoms. The zero-order valence-electron chi connectivity index (χ0n) is 14.9. The van der Waals surface area contributed by atoms with Gasteiger partial charge in [-0.2, -0.15) is 0 Å². The van der Waals surface area contributed by atoms with Gasteiger partial charge >= 0.3 is 0 Å². The van der Waals surface area contributed by atoms with E-state index in [0.717, 1.165) is 29.8 Å². The molecule has 0 bridgehead atoms. The average Bonchev–Trinajstić information content (AvgIpc) is 2.48. The van der Waals surface area contributed by atoms with Crippen molar-refractivity contribution in [3.63, 3.8) is 0 Å². The highest BCUT2D eigenvalue weighted by atomic mass is 15.0. The second kappa shape index (κ2) is 9.18. The Kier molecular flexibility index (Phi) is 7.57. The van der Waals surface area contributed by atoms with Crippen LogP contribution in [-0.2, 0) is 0 Å². The second-order valence-electron chi connectivity index (χ2n) is 8.35. The third kappa shape index (κ3) is 5.93. The van der Waals surface area contributed by atoms with Crippen molar-refractivity contribution >= 4 is 0 Å². The fourth-order valence-corrected chi connectivity index (χ4v) is 4.77. The Morgan fingerprint density at radius 2 is 1.48 bits per heavy atom. The Morgan fingerprint density at radius 3 is 2.19 bits per heavy atom. The molecule has 0 aromatic heterocycles. The monoisotopic (exact) mass is 293 g/mol. The predicted molar refractivity (Wildman–Crippen MR) is 93.6 cm³/mol. The Bertz CT molecular complexity index is 267. The topological polar surface area (TPSA) is 12.0 Å². The Balaban J connectivity index is 1.77. The maximum Gasteiger partial charge on any atom is 0.0100 e. The molecular weight excluding hydrogens is 254 g/mol. The molecule has 2 fully saturated rings. The molecule has 2 aliphatic carbocycles. The molecule has 1 nitrogen and oxygen atoms in total. The lowest BCUT2D eigenvalue weighted by Gasteiger charge is -2.40. The van der Waals surface area contributed by atoms with Crippen LogP contribution in [0, 0.1) is 17.8 Å². The minimum absolute atomic E-state index is 0.720. The van der Waals surface area contributed by atoms with Gasteiger partial charge in [0, 0.05) is 12.1 Å². The van der Waals surface area contributed by atoms with Gasteiger partial charge in [0.25, 0.3) is 0 Å². The molecule has 0 radical (unpaired) electrons. The third-order valence-corrected chi connectivity index (χ3v) is 5.99. The zero-order valence-corrected chi connectivity index (χ0v) is 14.9. The molecule has 21 heavy (non-hydrogen) atoms. The molecule has 1 N–H and O–H groups in total. The van der Waals surface area contributed by atoms with E-state index in [0.29, 0.717) is 0 Å². The van der Waals surface area contributed by atoms with E-state index in [4.69, 9.17) is 0 Å². The molecule has 0 aliphatic heterocycles. The van der Waals surface area contributed by atoms with Crippen LogP contribution in [0.3, 0.4) is 0 Å². The summed E-state index contributed by atoms with van der Waals surface area (Å²) in [5, 5.41) is 4.04. The quantitative estimate of drug-likeness (QED) is 0.613. The summed E-state index contributed by atoms with van der Waals surface area (Å²) in [5.41, 5.74) is 0. The van der Waals surface area contributed by atoms with E-state index in [2.05, 4.69) is 26.1 Å². The van der Waals surface area contributed by atoms with Crippen LogP contribution in [-0.4, -0.2) is 12.1 Å². The van der Waals surface area contributed by atoms with Crippen molar-refractivity contribution in [3.05, 3.63) is 0 Å². The molecule has 0 amide bonds. The second-order valence-corrected chi connectivity index (χ2v) is 8.35. The van der Waals surface area contributed by atoms with Crippen molar-refractivity contribution in [2.24, 2.45) is 17.8 Å². The summed E-state index contributed by atoms with van der Waals surface area (Å²) < 4.78 is 0. The normalized spacial score (nSPS) is 29.7. The standard InChI is InChI=1S/C20H39N/c1-16(2)10-9-11-17(3)21-20-15-8-7-14-19(20)18-12-5-4-6-13-18/h16-21H,4-15H2,1-3H3. The van der Waals surface area contributed by atoms with Gasteiger partial charge in [0.05, 0.1) is 0 Å². The van der Waals surface area contributed by atoms with E-state index in [1.165, 1.54) is 77.0 Å². The predicted octanol–water partition coefficient (Wildman–Crippen LogP) is 5.93. The fraction of sp³-hybridized carbons (Fsp3) is 1.00. The zero-order chi connectivity index (χ0) is 15.1. The summed E-state index contributed by atoms with van der Waals surface area (Å²) in [6, 6.07) is 1.55. The average molecular weight is 294 g/mol. The lowest BCUT2D eigenvalue weighted by Crippen LogP contribution is -2.46. The Hall–Kier alpha value is -0.0400. The summed E-state index contributed by atoms with van der Waals surface area (Å²) in [4.78, 5) is 0. The van der Waals surface area contributed by atoms with E-state index in [1.807, 2.05) is 0 Å². The first-order chi connectivity index (χ1) is 10.2. The van der Waals surface area contributed by atoms with Crippen LogP contribution in [0.2, 0.25) is 0 Å². The third-order valence-electron chi connectivity index (χ3n) is 5.99. The van der Waals surface area contributed by atoms with Gasteiger partial charge in [0.15, 0.2) is 0 Å². The lowest BCUT2D eigenvalue weighted by molar-refractivity contribution is 0.141. The fourth-order valence-electron chi connectivity index (χ4n) is 4.77. The van der Waals surface area contributed by atoms with E-state index in [9.17, 15) is 0 Å². The maximum absolute atomic E-state index is 4.04. The van der Waals surface area contributed by atoms with Crippen molar-refractivity contribution in [1.82, 2.24) is 5.32 Å². The molecular formula is C20H39N. The van der Waals surface area contributed by atoms with Crippen LogP contribution in [0.5, 0.6) is 0 Å². The van der Waals surface area contributed by atoms with E-state index in [-0.39, 0.29) is 0 Å². The molecule has 3 unspecified atom stereocenters. The number of hydrogen-bond acceptors (Lipinski definition) is 1. The van der Waals surface area contributed by atoms with Crippen LogP contribution in [0.1, 0.15) is 97.8 Å². The molecule has 124 valence electrons. The summed E-state index contributed by atoms with van der Waals surface area (Å²) >= 11 is 0. The van der Waals surface area contributed by atoms with Gasteiger partial charge in [-0.25, -0.2) is 0 Å². The number of hydrogen-bond donors (Lipinski definition) is 1. The number of rotatable bonds is 7. The van der Waals surface area contributed by atoms with Gasteiger partial charge in [0.1, 0.15) is 0 Å². The first-order valence-electron chi connectivity index (χ1n) is 9.93. The van der Waals surface area contributed by atoms with Gasteiger partial charge < -0.3 is 5.32 Å². The largest absolute Gasteiger partial charge is 0.311 e. The van der Waals surface area contributed by atoms with Gasteiger partial charge in [-0.15, -0.1) is 0 Å². The van der Waals surface area contributed by atoms with Gasteiger partial charge in [0.2, 0.25) is 0 Å². The summed E-state index contributed by atoms with van der Waals surface area (Å²) in [5.74, 6) is 2.90. The van der Waals surface area contributed by atoms with Crippen molar-refractivity contribution in [1.29, 1.82) is 0 Å². The minimum Gasteiger partial charge on any atom is -0.311 e. The Labute approximate surface area is 133 Å². The molecule has 0 aromatic carbocycles. The number of nitrogens with one attached hydrogen (secondary N) is 1. The minimum atomic E-state index is 0.720. The highest BCUT2D eigenvalue weighted by Crippen LogP contribution is 2.38. The van der Waals surface area contributed by atoms with Gasteiger partial charge in [-0.05, 0) is 43.9 Å². The maximum atomic E-state index is 4.04. The smallest absolute Gasteiger partial charge is 0.0100 e. The van der Waals surface area contributed by atoms with Crippen molar-refractivity contribution < 1.29 is 0 Å². The molecule has 0 aromatic rings. The van der Waals surface area contributed by atoms with Crippen LogP contribution < -0.4 is 5.32 Å². The van der Waals surface area contributed by atoms with Crippen molar-refractivity contribution in [3.8, 4) is 0 Å². The highest BCUT2D eigenvalue weighted by molar-refractivity contribution is 4.88. The molecule has 3 atom stereocenters. The first kappa shape index (κ1) is 17.3. The molecule has 0 saturated heterocycles. The van der Waals surface area contributed by atoms with Crippen LogP contribution in [0.25, 0.3) is 0 Å². The van der Waals surface area contributed by atoms with Crippen LogP contribution in [0.4, 0.5) is 0 Å². The van der Waals surface area contributed by atoms with Crippen LogP contribution >= 0.6 is 0 Å². The summed E-state index contributed by atoms with van der Waals surface area (Å²) in [6.07, 6.45) is 17.6. The van der Waals surface area contributed by atoms with E-state index >= 15 is 0 Å².